The van der Waals surface area contributed by atoms with Crippen LogP contribution in [0.3, 0.4) is 0 Å². The zero-order chi connectivity index (χ0) is 19.4. The van der Waals surface area contributed by atoms with Crippen LogP contribution < -0.4 is 10.6 Å². The van der Waals surface area contributed by atoms with Gasteiger partial charge < -0.3 is 10.6 Å². The molecule has 3 aromatic rings. The van der Waals surface area contributed by atoms with E-state index in [1.807, 2.05) is 44.2 Å². The molecule has 2 N–H and O–H groups in total. The molecule has 0 fully saturated rings. The molecule has 0 aliphatic rings. The van der Waals surface area contributed by atoms with Gasteiger partial charge >= 0.3 is 0 Å². The predicted molar refractivity (Wildman–Crippen MR) is 108 cm³/mol. The Balaban J connectivity index is 1.69. The van der Waals surface area contributed by atoms with Gasteiger partial charge in [0.25, 0.3) is 5.91 Å². The first-order chi connectivity index (χ1) is 12.9. The lowest BCUT2D eigenvalue weighted by atomic mass is 10.1. The number of benzene rings is 2. The Bertz CT molecular complexity index is 957. The lowest BCUT2D eigenvalue weighted by Crippen LogP contribution is -2.15. The summed E-state index contributed by atoms with van der Waals surface area (Å²) in [6.07, 6.45) is 1.61. The van der Waals surface area contributed by atoms with Crippen LogP contribution in [-0.4, -0.2) is 16.7 Å². The number of carbonyl (C=O) groups is 2. The summed E-state index contributed by atoms with van der Waals surface area (Å²) in [5, 5.41) is 6.13. The number of aryl methyl sites for hydroxylation is 2. The predicted octanol–water partition coefficient (Wildman–Crippen LogP) is 4.90. The van der Waals surface area contributed by atoms with Crippen molar-refractivity contribution in [1.29, 1.82) is 0 Å². The van der Waals surface area contributed by atoms with Crippen LogP contribution in [0.5, 0.6) is 0 Å². The van der Waals surface area contributed by atoms with Crippen LogP contribution in [0.2, 0.25) is 0 Å². The second-order valence-electron chi connectivity index (χ2n) is 6.41. The number of nitrogens with zero attached hydrogens (tertiary/aromatic N) is 1. The van der Waals surface area contributed by atoms with E-state index >= 15 is 0 Å². The molecule has 5 nitrogen and oxygen atoms in total. The van der Waals surface area contributed by atoms with E-state index in [0.29, 0.717) is 11.3 Å². The zero-order valence-electron chi connectivity index (χ0n) is 15.5. The molecular weight excluding hydrogens is 338 g/mol. The fourth-order valence-electron chi connectivity index (χ4n) is 2.75. The maximum absolute atomic E-state index is 12.5. The average Bonchev–Trinajstić information content (AvgIpc) is 2.66. The van der Waals surface area contributed by atoms with Crippen LogP contribution in [0, 0.1) is 13.8 Å². The van der Waals surface area contributed by atoms with Gasteiger partial charge in [0.2, 0.25) is 0 Å². The Labute approximate surface area is 158 Å². The Morgan fingerprint density at radius 3 is 2.04 bits per heavy atom. The Hall–Kier alpha value is -3.47. The largest absolute Gasteiger partial charge is 0.354 e. The highest BCUT2D eigenvalue weighted by atomic mass is 16.2. The van der Waals surface area contributed by atoms with Crippen LogP contribution in [0.15, 0.2) is 60.8 Å². The third kappa shape index (κ3) is 4.39. The standard InChI is InChI=1S/C22H21N3O2/c1-14-5-4-6-15(2)21(14)25-22(27)20-12-11-19(13-23-20)24-18-9-7-17(8-10-18)16(3)26/h4-13,24H,1-3H3,(H,25,27). The second kappa shape index (κ2) is 7.83. The monoisotopic (exact) mass is 359 g/mol. The number of nitrogens with one attached hydrogen (secondary N) is 2. The van der Waals surface area contributed by atoms with Crippen molar-refractivity contribution in [2.45, 2.75) is 20.8 Å². The number of amides is 1. The Kier molecular flexibility index (Phi) is 5.31. The SMILES string of the molecule is CC(=O)c1ccc(Nc2ccc(C(=O)Nc3c(C)cccc3C)nc2)cc1. The van der Waals surface area contributed by atoms with Crippen molar-refractivity contribution in [3.05, 3.63) is 83.2 Å². The molecule has 3 rings (SSSR count). The number of Topliss-reactive ketones (excluding diaryl/α,β-unsaturated/α-hetero) is 1. The van der Waals surface area contributed by atoms with Crippen LogP contribution in [-0.2, 0) is 0 Å². The number of hydrogen-bond acceptors (Lipinski definition) is 4. The molecule has 5 heteroatoms. The van der Waals surface area contributed by atoms with E-state index in [0.717, 1.165) is 28.2 Å². The number of carbonyl (C=O) groups excluding carboxylic acids is 2. The molecule has 0 atom stereocenters. The molecule has 1 heterocycles. The summed E-state index contributed by atoms with van der Waals surface area (Å²) in [4.78, 5) is 28.0. The summed E-state index contributed by atoms with van der Waals surface area (Å²) in [5.74, 6) is -0.216. The highest BCUT2D eigenvalue weighted by Gasteiger charge is 2.11. The van der Waals surface area contributed by atoms with Gasteiger partial charge in [0.1, 0.15) is 5.69 Å². The Morgan fingerprint density at radius 1 is 0.852 bits per heavy atom. The molecule has 2 aromatic carbocycles. The average molecular weight is 359 g/mol. The van der Waals surface area contributed by atoms with E-state index < -0.39 is 0 Å². The van der Waals surface area contributed by atoms with Gasteiger partial charge in [0, 0.05) is 16.9 Å². The maximum atomic E-state index is 12.5. The number of anilines is 3. The van der Waals surface area contributed by atoms with Crippen molar-refractivity contribution in [1.82, 2.24) is 4.98 Å². The van der Waals surface area contributed by atoms with Crippen LogP contribution >= 0.6 is 0 Å². The summed E-state index contributed by atoms with van der Waals surface area (Å²) in [6.45, 7) is 5.45. The first-order valence-corrected chi connectivity index (χ1v) is 8.65. The number of ketones is 1. The highest BCUT2D eigenvalue weighted by Crippen LogP contribution is 2.21. The van der Waals surface area contributed by atoms with Gasteiger partial charge in [0.15, 0.2) is 5.78 Å². The topological polar surface area (TPSA) is 71.1 Å². The maximum Gasteiger partial charge on any atom is 0.274 e. The first kappa shape index (κ1) is 18.3. The van der Waals surface area contributed by atoms with Crippen LogP contribution in [0.1, 0.15) is 38.9 Å². The van der Waals surface area contributed by atoms with Crippen molar-refractivity contribution in [2.75, 3.05) is 10.6 Å². The van der Waals surface area contributed by atoms with Gasteiger partial charge in [-0.3, -0.25) is 9.59 Å². The number of rotatable bonds is 5. The summed E-state index contributed by atoms with van der Waals surface area (Å²) in [7, 11) is 0. The lowest BCUT2D eigenvalue weighted by molar-refractivity contribution is 0.101. The summed E-state index contributed by atoms with van der Waals surface area (Å²) >= 11 is 0. The minimum atomic E-state index is -0.246. The van der Waals surface area contributed by atoms with Crippen molar-refractivity contribution in [2.24, 2.45) is 0 Å². The molecule has 27 heavy (non-hydrogen) atoms. The summed E-state index contributed by atoms with van der Waals surface area (Å²) in [5.41, 5.74) is 5.44. The number of para-hydroxylation sites is 1. The molecule has 0 saturated heterocycles. The molecule has 0 unspecified atom stereocenters. The van der Waals surface area contributed by atoms with Crippen molar-refractivity contribution < 1.29 is 9.59 Å². The highest BCUT2D eigenvalue weighted by molar-refractivity contribution is 6.03. The minimum Gasteiger partial charge on any atom is -0.354 e. The van der Waals surface area contributed by atoms with Gasteiger partial charge in [0.05, 0.1) is 11.9 Å². The second-order valence-corrected chi connectivity index (χ2v) is 6.41. The molecule has 1 amide bonds. The molecular formula is C22H21N3O2. The van der Waals surface area contributed by atoms with E-state index in [-0.39, 0.29) is 11.7 Å². The Morgan fingerprint density at radius 2 is 1.48 bits per heavy atom. The van der Waals surface area contributed by atoms with Gasteiger partial charge in [-0.2, -0.15) is 0 Å². The minimum absolute atomic E-state index is 0.0301. The molecule has 0 aliphatic heterocycles. The third-order valence-corrected chi connectivity index (χ3v) is 4.30. The van der Waals surface area contributed by atoms with Gasteiger partial charge in [-0.15, -0.1) is 0 Å². The fraction of sp³-hybridized carbons (Fsp3) is 0.136. The fourth-order valence-corrected chi connectivity index (χ4v) is 2.75. The molecule has 1 aromatic heterocycles. The van der Waals surface area contributed by atoms with Crippen molar-refractivity contribution >= 4 is 28.8 Å². The molecule has 0 radical (unpaired) electrons. The van der Waals surface area contributed by atoms with E-state index in [2.05, 4.69) is 15.6 Å². The van der Waals surface area contributed by atoms with E-state index in [9.17, 15) is 9.59 Å². The zero-order valence-corrected chi connectivity index (χ0v) is 15.5. The smallest absolute Gasteiger partial charge is 0.274 e. The van der Waals surface area contributed by atoms with Gasteiger partial charge in [-0.1, -0.05) is 18.2 Å². The molecule has 0 bridgehead atoms. The van der Waals surface area contributed by atoms with E-state index in [4.69, 9.17) is 0 Å². The normalized spacial score (nSPS) is 10.3. The first-order valence-electron chi connectivity index (χ1n) is 8.65. The van der Waals surface area contributed by atoms with Crippen molar-refractivity contribution in [3.8, 4) is 0 Å². The third-order valence-electron chi connectivity index (χ3n) is 4.30. The van der Waals surface area contributed by atoms with Crippen molar-refractivity contribution in [3.63, 3.8) is 0 Å². The molecule has 0 spiro atoms. The number of aromatic nitrogens is 1. The molecule has 136 valence electrons. The van der Waals surface area contributed by atoms with Crippen LogP contribution in [0.4, 0.5) is 17.1 Å². The summed E-state index contributed by atoms with van der Waals surface area (Å²) in [6, 6.07) is 16.6. The van der Waals surface area contributed by atoms with E-state index in [1.165, 1.54) is 6.92 Å². The van der Waals surface area contributed by atoms with Crippen LogP contribution in [0.25, 0.3) is 0 Å². The van der Waals surface area contributed by atoms with Gasteiger partial charge in [-0.25, -0.2) is 4.98 Å². The van der Waals surface area contributed by atoms with Gasteiger partial charge in [-0.05, 0) is 68.3 Å². The molecule has 0 saturated carbocycles. The number of hydrogen-bond donors (Lipinski definition) is 2. The quantitative estimate of drug-likeness (QED) is 0.636. The number of pyridine rings is 1. The summed E-state index contributed by atoms with van der Waals surface area (Å²) < 4.78 is 0. The molecule has 0 aliphatic carbocycles. The lowest BCUT2D eigenvalue weighted by Gasteiger charge is -2.11. The van der Waals surface area contributed by atoms with E-state index in [1.54, 1.807) is 30.5 Å².